The number of carbonyl (C=O) groups excluding carboxylic acids is 2. The number of nitrogens with zero attached hydrogens (tertiary/aromatic N) is 1. The molecule has 0 radical (unpaired) electrons. The Hall–Kier alpha value is -3.24. The van der Waals surface area contributed by atoms with Gasteiger partial charge in [0.2, 0.25) is 5.91 Å². The van der Waals surface area contributed by atoms with Gasteiger partial charge >= 0.3 is 0 Å². The average molecular weight is 483 g/mol. The zero-order valence-electron chi connectivity index (χ0n) is 22.0. The van der Waals surface area contributed by atoms with Crippen LogP contribution in [0.3, 0.4) is 0 Å². The van der Waals surface area contributed by atoms with E-state index in [2.05, 4.69) is 55.5 Å². The second-order valence-electron chi connectivity index (χ2n) is 10.6. The molecule has 0 bridgehead atoms. The molecule has 0 aromatic heterocycles. The molecule has 1 atom stereocenters. The highest BCUT2D eigenvalue weighted by molar-refractivity contribution is 6.09. The van der Waals surface area contributed by atoms with E-state index in [9.17, 15) is 9.59 Å². The normalized spacial score (nSPS) is 20.6. The Morgan fingerprint density at radius 3 is 2.19 bits per heavy atom. The first-order chi connectivity index (χ1) is 17.3. The SMILES string of the molecule is Cc1ccc(CC2(N(C)C)CCC(NC(=O)C(C)c3cccc(C(=O)c4ccccc4)c3)CC2)cc1. The third-order valence-electron chi connectivity index (χ3n) is 7.94. The van der Waals surface area contributed by atoms with Crippen LogP contribution in [0.4, 0.5) is 0 Å². The highest BCUT2D eigenvalue weighted by Crippen LogP contribution is 2.36. The van der Waals surface area contributed by atoms with E-state index in [-0.39, 0.29) is 29.2 Å². The minimum absolute atomic E-state index is 0.0223. The van der Waals surface area contributed by atoms with Crippen molar-refractivity contribution >= 4 is 11.7 Å². The van der Waals surface area contributed by atoms with E-state index < -0.39 is 0 Å². The van der Waals surface area contributed by atoms with Crippen LogP contribution in [0.15, 0.2) is 78.9 Å². The van der Waals surface area contributed by atoms with E-state index in [4.69, 9.17) is 0 Å². The van der Waals surface area contributed by atoms with Gasteiger partial charge in [0.15, 0.2) is 5.78 Å². The minimum atomic E-state index is -0.318. The van der Waals surface area contributed by atoms with Crippen molar-refractivity contribution in [2.75, 3.05) is 14.1 Å². The molecule has 36 heavy (non-hydrogen) atoms. The number of nitrogens with one attached hydrogen (secondary N) is 1. The summed E-state index contributed by atoms with van der Waals surface area (Å²) >= 11 is 0. The van der Waals surface area contributed by atoms with E-state index in [0.717, 1.165) is 37.7 Å². The van der Waals surface area contributed by atoms with Gasteiger partial charge in [-0.2, -0.15) is 0 Å². The van der Waals surface area contributed by atoms with Crippen molar-refractivity contribution in [3.05, 3.63) is 107 Å². The van der Waals surface area contributed by atoms with Gasteiger partial charge in [-0.25, -0.2) is 0 Å². The van der Waals surface area contributed by atoms with Gasteiger partial charge in [-0.05, 0) is 77.2 Å². The molecule has 1 unspecified atom stereocenters. The van der Waals surface area contributed by atoms with Crippen molar-refractivity contribution in [2.24, 2.45) is 0 Å². The number of carbonyl (C=O) groups is 2. The predicted octanol–water partition coefficient (Wildman–Crippen LogP) is 5.93. The lowest BCUT2D eigenvalue weighted by Gasteiger charge is -2.45. The summed E-state index contributed by atoms with van der Waals surface area (Å²) in [5.41, 5.74) is 4.91. The molecule has 0 aliphatic heterocycles. The fourth-order valence-electron chi connectivity index (χ4n) is 5.35. The molecule has 1 saturated carbocycles. The third-order valence-corrected chi connectivity index (χ3v) is 7.94. The first kappa shape index (κ1) is 25.8. The summed E-state index contributed by atoms with van der Waals surface area (Å²) in [4.78, 5) is 28.4. The molecule has 0 saturated heterocycles. The molecular weight excluding hydrogens is 444 g/mol. The maximum absolute atomic E-state index is 13.2. The highest BCUT2D eigenvalue weighted by atomic mass is 16.2. The van der Waals surface area contributed by atoms with Crippen LogP contribution in [-0.2, 0) is 11.2 Å². The lowest BCUT2D eigenvalue weighted by Crippen LogP contribution is -2.52. The molecule has 4 heteroatoms. The van der Waals surface area contributed by atoms with E-state index in [0.29, 0.717) is 11.1 Å². The standard InChI is InChI=1S/C32H38N2O2/c1-23-13-15-25(16-14-23)22-32(34(3)4)19-17-29(18-20-32)33-31(36)24(2)27-11-8-12-28(21-27)30(35)26-9-6-5-7-10-26/h5-16,21,24,29H,17-20,22H2,1-4H3,(H,33,36). The van der Waals surface area contributed by atoms with Crippen LogP contribution in [-0.4, -0.2) is 42.3 Å². The first-order valence-electron chi connectivity index (χ1n) is 13.0. The smallest absolute Gasteiger partial charge is 0.227 e. The Morgan fingerprint density at radius 1 is 0.917 bits per heavy atom. The Bertz CT molecular complexity index is 1180. The molecule has 1 aliphatic carbocycles. The van der Waals surface area contributed by atoms with Crippen LogP contribution in [0.2, 0.25) is 0 Å². The van der Waals surface area contributed by atoms with Gasteiger partial charge in [-0.15, -0.1) is 0 Å². The van der Waals surface area contributed by atoms with Crippen LogP contribution < -0.4 is 5.32 Å². The average Bonchev–Trinajstić information content (AvgIpc) is 2.90. The number of benzene rings is 3. The summed E-state index contributed by atoms with van der Waals surface area (Å²) in [6.07, 6.45) is 5.06. The molecule has 1 aliphatic rings. The molecule has 4 nitrogen and oxygen atoms in total. The van der Waals surface area contributed by atoms with Gasteiger partial charge in [-0.3, -0.25) is 9.59 Å². The third kappa shape index (κ3) is 5.93. The number of rotatable bonds is 8. The Morgan fingerprint density at radius 2 is 1.56 bits per heavy atom. The quantitative estimate of drug-likeness (QED) is 0.405. The lowest BCUT2D eigenvalue weighted by atomic mass is 9.74. The van der Waals surface area contributed by atoms with Crippen LogP contribution >= 0.6 is 0 Å². The van der Waals surface area contributed by atoms with Gasteiger partial charge in [0, 0.05) is 22.7 Å². The molecule has 1 fully saturated rings. The number of amides is 1. The Balaban J connectivity index is 1.37. The van der Waals surface area contributed by atoms with Gasteiger partial charge < -0.3 is 10.2 Å². The summed E-state index contributed by atoms with van der Waals surface area (Å²) in [5, 5.41) is 3.30. The summed E-state index contributed by atoms with van der Waals surface area (Å²) in [6, 6.07) is 25.8. The molecule has 4 rings (SSSR count). The van der Waals surface area contributed by atoms with Crippen molar-refractivity contribution in [3.63, 3.8) is 0 Å². The lowest BCUT2D eigenvalue weighted by molar-refractivity contribution is -0.123. The number of likely N-dealkylation sites (N-methyl/N-ethyl adjacent to an activating group) is 1. The van der Waals surface area contributed by atoms with Gasteiger partial charge in [0.1, 0.15) is 0 Å². The Labute approximate surface area is 215 Å². The number of ketones is 1. The van der Waals surface area contributed by atoms with Crippen molar-refractivity contribution in [1.82, 2.24) is 10.2 Å². The Kier molecular flexibility index (Phi) is 8.05. The summed E-state index contributed by atoms with van der Waals surface area (Å²) in [7, 11) is 4.36. The second-order valence-corrected chi connectivity index (χ2v) is 10.6. The molecule has 3 aromatic rings. The summed E-state index contributed by atoms with van der Waals surface area (Å²) in [5.74, 6) is -0.312. The number of hydrogen-bond donors (Lipinski definition) is 1. The minimum Gasteiger partial charge on any atom is -0.353 e. The van der Waals surface area contributed by atoms with Crippen molar-refractivity contribution < 1.29 is 9.59 Å². The fourth-order valence-corrected chi connectivity index (χ4v) is 5.35. The zero-order valence-corrected chi connectivity index (χ0v) is 22.0. The highest BCUT2D eigenvalue weighted by Gasteiger charge is 2.38. The fraction of sp³-hybridized carbons (Fsp3) is 0.375. The van der Waals surface area contributed by atoms with Crippen molar-refractivity contribution in [1.29, 1.82) is 0 Å². The van der Waals surface area contributed by atoms with Crippen molar-refractivity contribution in [2.45, 2.75) is 63.5 Å². The van der Waals surface area contributed by atoms with Crippen LogP contribution in [0.1, 0.15) is 71.1 Å². The van der Waals surface area contributed by atoms with Gasteiger partial charge in [0.05, 0.1) is 5.92 Å². The van der Waals surface area contributed by atoms with Gasteiger partial charge in [0.25, 0.3) is 0 Å². The molecule has 0 spiro atoms. The van der Waals surface area contributed by atoms with E-state index in [1.54, 1.807) is 0 Å². The number of hydrogen-bond acceptors (Lipinski definition) is 3. The monoisotopic (exact) mass is 482 g/mol. The van der Waals surface area contributed by atoms with Crippen LogP contribution in [0.5, 0.6) is 0 Å². The van der Waals surface area contributed by atoms with E-state index in [1.165, 1.54) is 11.1 Å². The summed E-state index contributed by atoms with van der Waals surface area (Å²) < 4.78 is 0. The molecule has 188 valence electrons. The summed E-state index contributed by atoms with van der Waals surface area (Å²) in [6.45, 7) is 4.05. The molecule has 3 aromatic carbocycles. The number of aryl methyl sites for hydroxylation is 1. The predicted molar refractivity (Wildman–Crippen MR) is 146 cm³/mol. The maximum atomic E-state index is 13.2. The van der Waals surface area contributed by atoms with Crippen molar-refractivity contribution in [3.8, 4) is 0 Å². The van der Waals surface area contributed by atoms with E-state index in [1.807, 2.05) is 61.5 Å². The molecule has 1 amide bonds. The van der Waals surface area contributed by atoms with Crippen LogP contribution in [0, 0.1) is 6.92 Å². The van der Waals surface area contributed by atoms with E-state index >= 15 is 0 Å². The maximum Gasteiger partial charge on any atom is 0.227 e. The first-order valence-corrected chi connectivity index (χ1v) is 13.0. The molecule has 0 heterocycles. The second kappa shape index (κ2) is 11.2. The van der Waals surface area contributed by atoms with Crippen LogP contribution in [0.25, 0.3) is 0 Å². The van der Waals surface area contributed by atoms with Gasteiger partial charge in [-0.1, -0.05) is 78.4 Å². The zero-order chi connectivity index (χ0) is 25.7. The molecular formula is C32H38N2O2. The largest absolute Gasteiger partial charge is 0.353 e. The molecule has 1 N–H and O–H groups in total. The topological polar surface area (TPSA) is 49.4 Å².